The van der Waals surface area contributed by atoms with Gasteiger partial charge in [-0.15, -0.1) is 0 Å². The largest absolute Gasteiger partial charge is 0.346 e. The molecule has 84 valence electrons. The first kappa shape index (κ1) is 11.2. The van der Waals surface area contributed by atoms with Crippen LogP contribution in [0.3, 0.4) is 0 Å². The van der Waals surface area contributed by atoms with Crippen LogP contribution in [0.4, 0.5) is 0 Å². The highest BCUT2D eigenvalue weighted by atomic mass is 16.7. The minimum atomic E-state index is -0.528. The minimum absolute atomic E-state index is 0.501. The molecule has 1 saturated heterocycles. The summed E-state index contributed by atoms with van der Waals surface area (Å²) >= 11 is 0. The standard InChI is InChI=1S/C14H16O2/c1-13(2)15-11-14(3,16-13)10-9-12-7-5-4-6-8-12/h4-8H,11H2,1-3H3/t14-/m0/s1. The maximum absolute atomic E-state index is 5.76. The van der Waals surface area contributed by atoms with Crippen LogP contribution in [-0.4, -0.2) is 18.0 Å². The van der Waals surface area contributed by atoms with E-state index in [-0.39, 0.29) is 0 Å². The van der Waals surface area contributed by atoms with Crippen molar-refractivity contribution in [1.29, 1.82) is 0 Å². The van der Waals surface area contributed by atoms with E-state index in [0.717, 1.165) is 5.56 Å². The lowest BCUT2D eigenvalue weighted by Gasteiger charge is -2.19. The molecule has 0 N–H and O–H groups in total. The summed E-state index contributed by atoms with van der Waals surface area (Å²) in [5.74, 6) is 5.71. The summed E-state index contributed by atoms with van der Waals surface area (Å²) in [5.41, 5.74) is 0.497. The quantitative estimate of drug-likeness (QED) is 0.620. The van der Waals surface area contributed by atoms with Gasteiger partial charge in [0.15, 0.2) is 11.4 Å². The van der Waals surface area contributed by atoms with E-state index in [1.54, 1.807) is 0 Å². The van der Waals surface area contributed by atoms with Crippen molar-refractivity contribution in [3.8, 4) is 11.8 Å². The van der Waals surface area contributed by atoms with E-state index in [4.69, 9.17) is 9.47 Å². The van der Waals surface area contributed by atoms with Gasteiger partial charge >= 0.3 is 0 Å². The molecule has 0 unspecified atom stereocenters. The molecule has 1 atom stereocenters. The molecule has 1 fully saturated rings. The van der Waals surface area contributed by atoms with Crippen molar-refractivity contribution in [2.75, 3.05) is 6.61 Å². The first-order chi connectivity index (χ1) is 7.49. The summed E-state index contributed by atoms with van der Waals surface area (Å²) in [6.07, 6.45) is 0. The Hall–Kier alpha value is -1.30. The second-order valence-corrected chi connectivity index (χ2v) is 4.64. The fourth-order valence-corrected chi connectivity index (χ4v) is 1.70. The van der Waals surface area contributed by atoms with Crippen LogP contribution in [0.25, 0.3) is 0 Å². The van der Waals surface area contributed by atoms with Crippen molar-refractivity contribution >= 4 is 0 Å². The Balaban J connectivity index is 2.14. The molecular weight excluding hydrogens is 200 g/mol. The Morgan fingerprint density at radius 3 is 2.38 bits per heavy atom. The van der Waals surface area contributed by atoms with Crippen molar-refractivity contribution in [1.82, 2.24) is 0 Å². The Morgan fingerprint density at radius 1 is 1.12 bits per heavy atom. The Morgan fingerprint density at radius 2 is 1.81 bits per heavy atom. The van der Waals surface area contributed by atoms with Crippen molar-refractivity contribution < 1.29 is 9.47 Å². The van der Waals surface area contributed by atoms with E-state index in [0.29, 0.717) is 6.61 Å². The number of hydrogen-bond acceptors (Lipinski definition) is 2. The highest BCUT2D eigenvalue weighted by Gasteiger charge is 2.40. The molecule has 0 radical (unpaired) electrons. The molecule has 1 aromatic rings. The van der Waals surface area contributed by atoms with Crippen LogP contribution in [0.1, 0.15) is 26.3 Å². The van der Waals surface area contributed by atoms with Gasteiger partial charge < -0.3 is 9.47 Å². The van der Waals surface area contributed by atoms with E-state index in [9.17, 15) is 0 Å². The van der Waals surface area contributed by atoms with Crippen molar-refractivity contribution in [3.63, 3.8) is 0 Å². The second-order valence-electron chi connectivity index (χ2n) is 4.64. The number of hydrogen-bond donors (Lipinski definition) is 0. The third kappa shape index (κ3) is 2.63. The zero-order chi connectivity index (χ0) is 11.6. The molecule has 1 heterocycles. The average Bonchev–Trinajstić information content (AvgIpc) is 2.53. The van der Waals surface area contributed by atoms with Crippen LogP contribution in [0.15, 0.2) is 30.3 Å². The lowest BCUT2D eigenvalue weighted by atomic mass is 10.1. The zero-order valence-corrected chi connectivity index (χ0v) is 9.91. The van der Waals surface area contributed by atoms with Crippen LogP contribution in [0.2, 0.25) is 0 Å². The predicted octanol–water partition coefficient (Wildman–Crippen LogP) is 2.58. The van der Waals surface area contributed by atoms with Gasteiger partial charge in [0.25, 0.3) is 0 Å². The summed E-state index contributed by atoms with van der Waals surface area (Å²) in [6, 6.07) is 9.89. The molecule has 1 aliphatic heterocycles. The molecule has 0 saturated carbocycles. The van der Waals surface area contributed by atoms with Crippen molar-refractivity contribution in [2.24, 2.45) is 0 Å². The molecule has 0 aliphatic carbocycles. The van der Waals surface area contributed by atoms with Gasteiger partial charge in [0.2, 0.25) is 0 Å². The summed E-state index contributed by atoms with van der Waals surface area (Å²) in [5, 5.41) is 0. The predicted molar refractivity (Wildman–Crippen MR) is 62.8 cm³/mol. The SMILES string of the molecule is CC1(C)OC[C@](C)(C#Cc2ccccc2)O1. The van der Waals surface area contributed by atoms with Crippen LogP contribution in [0.5, 0.6) is 0 Å². The van der Waals surface area contributed by atoms with E-state index < -0.39 is 11.4 Å². The topological polar surface area (TPSA) is 18.5 Å². The molecule has 0 bridgehead atoms. The van der Waals surface area contributed by atoms with Crippen LogP contribution < -0.4 is 0 Å². The summed E-state index contributed by atoms with van der Waals surface area (Å²) in [6.45, 7) is 6.28. The lowest BCUT2D eigenvalue weighted by molar-refractivity contribution is -0.146. The fraction of sp³-hybridized carbons (Fsp3) is 0.429. The maximum Gasteiger partial charge on any atom is 0.165 e. The zero-order valence-electron chi connectivity index (χ0n) is 9.91. The Kier molecular flexibility index (Phi) is 2.75. The van der Waals surface area contributed by atoms with Crippen LogP contribution in [0, 0.1) is 11.8 Å². The number of rotatable bonds is 0. The van der Waals surface area contributed by atoms with Gasteiger partial charge in [0.05, 0.1) is 6.61 Å². The summed E-state index contributed by atoms with van der Waals surface area (Å²) in [7, 11) is 0. The van der Waals surface area contributed by atoms with Crippen molar-refractivity contribution in [2.45, 2.75) is 32.2 Å². The maximum atomic E-state index is 5.76. The average molecular weight is 216 g/mol. The number of benzene rings is 1. The Labute approximate surface area is 96.6 Å². The molecular formula is C14H16O2. The number of ether oxygens (including phenoxy) is 2. The molecule has 0 spiro atoms. The van der Waals surface area contributed by atoms with E-state index in [1.807, 2.05) is 51.1 Å². The smallest absolute Gasteiger partial charge is 0.165 e. The summed E-state index contributed by atoms with van der Waals surface area (Å²) in [4.78, 5) is 0. The second kappa shape index (κ2) is 3.93. The van der Waals surface area contributed by atoms with Gasteiger partial charge in [-0.2, -0.15) is 0 Å². The fourth-order valence-electron chi connectivity index (χ4n) is 1.70. The molecule has 1 aromatic carbocycles. The van der Waals surface area contributed by atoms with E-state index in [2.05, 4.69) is 11.8 Å². The monoisotopic (exact) mass is 216 g/mol. The van der Waals surface area contributed by atoms with E-state index in [1.165, 1.54) is 0 Å². The van der Waals surface area contributed by atoms with Crippen LogP contribution in [-0.2, 0) is 9.47 Å². The van der Waals surface area contributed by atoms with Gasteiger partial charge in [-0.3, -0.25) is 0 Å². The van der Waals surface area contributed by atoms with Crippen molar-refractivity contribution in [3.05, 3.63) is 35.9 Å². The molecule has 0 aromatic heterocycles. The molecule has 0 amide bonds. The minimum Gasteiger partial charge on any atom is -0.346 e. The van der Waals surface area contributed by atoms with Gasteiger partial charge in [0, 0.05) is 5.56 Å². The third-order valence-corrected chi connectivity index (χ3v) is 2.41. The molecule has 2 heteroatoms. The highest BCUT2D eigenvalue weighted by Crippen LogP contribution is 2.29. The van der Waals surface area contributed by atoms with Gasteiger partial charge in [-0.1, -0.05) is 30.0 Å². The molecule has 2 nitrogen and oxygen atoms in total. The Bertz CT molecular complexity index is 425. The third-order valence-electron chi connectivity index (χ3n) is 2.41. The van der Waals surface area contributed by atoms with Gasteiger partial charge in [0.1, 0.15) is 0 Å². The van der Waals surface area contributed by atoms with Crippen LogP contribution >= 0.6 is 0 Å². The molecule has 16 heavy (non-hydrogen) atoms. The molecule has 2 rings (SSSR count). The van der Waals surface area contributed by atoms with E-state index >= 15 is 0 Å². The first-order valence-electron chi connectivity index (χ1n) is 5.42. The van der Waals surface area contributed by atoms with Gasteiger partial charge in [-0.05, 0) is 32.9 Å². The lowest BCUT2D eigenvalue weighted by Crippen LogP contribution is -2.29. The van der Waals surface area contributed by atoms with Gasteiger partial charge in [-0.25, -0.2) is 0 Å². The normalized spacial score (nSPS) is 27.2. The highest BCUT2D eigenvalue weighted by molar-refractivity contribution is 5.36. The molecule has 1 aliphatic rings. The summed E-state index contributed by atoms with van der Waals surface area (Å²) < 4.78 is 11.3. The first-order valence-corrected chi connectivity index (χ1v) is 5.42.